The topological polar surface area (TPSA) is 113 Å². The molecule has 1 amide bonds. The molecule has 0 saturated carbocycles. The number of rotatable bonds is 9. The lowest BCUT2D eigenvalue weighted by molar-refractivity contribution is -0.137. The number of aliphatic hydroxyl groups excluding tert-OH is 2. The van der Waals surface area contributed by atoms with E-state index in [2.05, 4.69) is 5.32 Å². The molecule has 0 spiro atoms. The van der Waals surface area contributed by atoms with Gasteiger partial charge >= 0.3 is 6.18 Å². The molecule has 0 aromatic heterocycles. The summed E-state index contributed by atoms with van der Waals surface area (Å²) in [6.07, 6.45) is -5.97. The summed E-state index contributed by atoms with van der Waals surface area (Å²) in [7, 11) is -3.89. The Morgan fingerprint density at radius 1 is 1.32 bits per heavy atom. The van der Waals surface area contributed by atoms with Crippen LogP contribution in [-0.2, 0) is 20.8 Å². The van der Waals surface area contributed by atoms with E-state index in [1.54, 1.807) is 0 Å². The van der Waals surface area contributed by atoms with Gasteiger partial charge in [-0.15, -0.1) is 0 Å². The van der Waals surface area contributed by atoms with Gasteiger partial charge in [0.15, 0.2) is 9.84 Å². The minimum atomic E-state index is -4.50. The summed E-state index contributed by atoms with van der Waals surface area (Å²) >= 11 is 0. The minimum Gasteiger partial charge on any atom is -0.492 e. The molecule has 1 rings (SSSR count). The van der Waals surface area contributed by atoms with Gasteiger partial charge in [0, 0.05) is 0 Å². The third kappa shape index (κ3) is 8.18. The number of sulfone groups is 1. The van der Waals surface area contributed by atoms with Crippen LogP contribution in [0.25, 0.3) is 0 Å². The lowest BCUT2D eigenvalue weighted by Gasteiger charge is -2.11. The average Bonchev–Trinajstić information content (AvgIpc) is 2.50. The third-order valence-corrected chi connectivity index (χ3v) is 4.46. The fourth-order valence-electron chi connectivity index (χ4n) is 1.78. The number of hydrogen-bond acceptors (Lipinski definition) is 6. The fraction of sp³-hybridized carbons (Fsp3) is 0.500. The van der Waals surface area contributed by atoms with Crippen LogP contribution in [0.5, 0.6) is 5.75 Å². The van der Waals surface area contributed by atoms with E-state index in [0.717, 1.165) is 12.1 Å². The Bertz CT molecular complexity index is 677. The van der Waals surface area contributed by atoms with Gasteiger partial charge in [0.2, 0.25) is 5.91 Å². The Kier molecular flexibility index (Phi) is 7.64. The first-order valence-corrected chi connectivity index (χ1v) is 8.92. The van der Waals surface area contributed by atoms with Crippen molar-refractivity contribution in [3.05, 3.63) is 29.8 Å². The van der Waals surface area contributed by atoms with Crippen LogP contribution in [0.2, 0.25) is 0 Å². The van der Waals surface area contributed by atoms with Gasteiger partial charge in [0.25, 0.3) is 0 Å². The monoisotopic (exact) mass is 385 g/mol. The molecule has 11 heteroatoms. The molecular weight excluding hydrogens is 367 g/mol. The number of carbonyl (C=O) groups is 1. The Morgan fingerprint density at radius 3 is 2.60 bits per heavy atom. The van der Waals surface area contributed by atoms with Crippen molar-refractivity contribution >= 4 is 15.7 Å². The van der Waals surface area contributed by atoms with Crippen molar-refractivity contribution in [3.63, 3.8) is 0 Å². The van der Waals surface area contributed by atoms with Gasteiger partial charge in [-0.05, 0) is 18.2 Å². The van der Waals surface area contributed by atoms with Gasteiger partial charge in [-0.3, -0.25) is 4.79 Å². The van der Waals surface area contributed by atoms with Gasteiger partial charge in [0.05, 0.1) is 30.6 Å². The zero-order valence-electron chi connectivity index (χ0n) is 13.0. The molecule has 0 aliphatic heterocycles. The molecule has 0 saturated heterocycles. The zero-order valence-corrected chi connectivity index (χ0v) is 13.8. The summed E-state index contributed by atoms with van der Waals surface area (Å²) in [4.78, 5) is 11.5. The summed E-state index contributed by atoms with van der Waals surface area (Å²) in [5, 5.41) is 19.9. The normalized spacial score (nSPS) is 13.3. The summed E-state index contributed by atoms with van der Waals surface area (Å²) < 4.78 is 65.7. The van der Waals surface area contributed by atoms with Crippen molar-refractivity contribution in [2.75, 3.05) is 31.3 Å². The predicted octanol–water partition coefficient (Wildman–Crippen LogP) is -0.0316. The molecule has 1 atom stereocenters. The minimum absolute atomic E-state index is 0.0391. The van der Waals surface area contributed by atoms with E-state index in [9.17, 15) is 26.4 Å². The molecule has 25 heavy (non-hydrogen) atoms. The SMILES string of the molecule is O=C(CS(=O)(=O)CC(O)CO)NCCOc1cccc(C(F)(F)F)c1. The van der Waals surface area contributed by atoms with Crippen LogP contribution in [-0.4, -0.2) is 61.9 Å². The first kappa shape index (κ1) is 21.2. The summed E-state index contributed by atoms with van der Waals surface area (Å²) in [6.45, 7) is -1.02. The van der Waals surface area contributed by atoms with E-state index >= 15 is 0 Å². The van der Waals surface area contributed by atoms with Gasteiger partial charge < -0.3 is 20.3 Å². The average molecular weight is 385 g/mol. The van der Waals surface area contributed by atoms with Crippen molar-refractivity contribution < 1.29 is 41.3 Å². The van der Waals surface area contributed by atoms with Crippen LogP contribution >= 0.6 is 0 Å². The van der Waals surface area contributed by atoms with Crippen LogP contribution < -0.4 is 10.1 Å². The number of halogens is 3. The second kappa shape index (κ2) is 9.02. The van der Waals surface area contributed by atoms with Gasteiger partial charge in [0.1, 0.15) is 18.1 Å². The smallest absolute Gasteiger partial charge is 0.416 e. The second-order valence-corrected chi connectivity index (χ2v) is 7.22. The molecule has 0 bridgehead atoms. The quantitative estimate of drug-likeness (QED) is 0.515. The highest BCUT2D eigenvalue weighted by Gasteiger charge is 2.30. The van der Waals surface area contributed by atoms with Gasteiger partial charge in [-0.1, -0.05) is 6.07 Å². The standard InChI is InChI=1S/C14H18F3NO6S/c15-14(16,17)10-2-1-3-12(6-10)24-5-4-18-13(21)9-25(22,23)8-11(20)7-19/h1-3,6,11,19-20H,4-5,7-9H2,(H,18,21). The van der Waals surface area contributed by atoms with Crippen molar-refractivity contribution in [1.82, 2.24) is 5.32 Å². The van der Waals surface area contributed by atoms with Gasteiger partial charge in [-0.25, -0.2) is 8.42 Å². The van der Waals surface area contributed by atoms with E-state index < -0.39 is 51.7 Å². The third-order valence-electron chi connectivity index (χ3n) is 2.86. The summed E-state index contributed by atoms with van der Waals surface area (Å²) in [6, 6.07) is 4.19. The first-order valence-electron chi connectivity index (χ1n) is 7.09. The molecule has 3 N–H and O–H groups in total. The number of aliphatic hydroxyl groups is 2. The molecule has 1 unspecified atom stereocenters. The van der Waals surface area contributed by atoms with Crippen molar-refractivity contribution in [3.8, 4) is 5.75 Å². The largest absolute Gasteiger partial charge is 0.492 e. The lowest BCUT2D eigenvalue weighted by atomic mass is 10.2. The van der Waals surface area contributed by atoms with Crippen molar-refractivity contribution in [2.24, 2.45) is 0 Å². The van der Waals surface area contributed by atoms with Crippen LogP contribution in [0.15, 0.2) is 24.3 Å². The van der Waals surface area contributed by atoms with Crippen LogP contribution in [0.1, 0.15) is 5.56 Å². The number of carbonyl (C=O) groups excluding carboxylic acids is 1. The lowest BCUT2D eigenvalue weighted by Crippen LogP contribution is -2.36. The number of nitrogens with one attached hydrogen (secondary N) is 1. The maximum atomic E-state index is 12.5. The second-order valence-electron chi connectivity index (χ2n) is 5.11. The van der Waals surface area contributed by atoms with E-state index in [1.807, 2.05) is 0 Å². The highest BCUT2D eigenvalue weighted by Crippen LogP contribution is 2.31. The van der Waals surface area contributed by atoms with Crippen LogP contribution in [0.3, 0.4) is 0 Å². The number of amides is 1. The highest BCUT2D eigenvalue weighted by atomic mass is 32.2. The molecule has 142 valence electrons. The molecule has 0 heterocycles. The van der Waals surface area contributed by atoms with Crippen molar-refractivity contribution in [2.45, 2.75) is 12.3 Å². The molecule has 0 radical (unpaired) electrons. The summed E-state index contributed by atoms with van der Waals surface area (Å²) in [5.74, 6) is -2.52. The molecular formula is C14H18F3NO6S. The van der Waals surface area contributed by atoms with E-state index in [0.29, 0.717) is 0 Å². The first-order chi connectivity index (χ1) is 11.5. The Hall–Kier alpha value is -1.85. The van der Waals surface area contributed by atoms with E-state index in [1.165, 1.54) is 12.1 Å². The Morgan fingerprint density at radius 2 is 2.00 bits per heavy atom. The molecule has 7 nitrogen and oxygen atoms in total. The molecule has 1 aromatic carbocycles. The predicted molar refractivity (Wildman–Crippen MR) is 81.7 cm³/mol. The van der Waals surface area contributed by atoms with Crippen molar-refractivity contribution in [1.29, 1.82) is 0 Å². The Labute approximate surface area is 142 Å². The highest BCUT2D eigenvalue weighted by molar-refractivity contribution is 7.92. The number of benzene rings is 1. The molecule has 0 aliphatic rings. The van der Waals surface area contributed by atoms with Crippen LogP contribution in [0.4, 0.5) is 13.2 Å². The maximum Gasteiger partial charge on any atom is 0.416 e. The maximum absolute atomic E-state index is 12.5. The van der Waals surface area contributed by atoms with Gasteiger partial charge in [-0.2, -0.15) is 13.2 Å². The van der Waals surface area contributed by atoms with E-state index in [4.69, 9.17) is 14.9 Å². The number of alkyl halides is 3. The Balaban J connectivity index is 2.40. The molecule has 0 fully saturated rings. The molecule has 1 aromatic rings. The van der Waals surface area contributed by atoms with Crippen LogP contribution in [0, 0.1) is 0 Å². The molecule has 0 aliphatic carbocycles. The number of hydrogen-bond donors (Lipinski definition) is 3. The summed E-state index contributed by atoms with van der Waals surface area (Å²) in [5.41, 5.74) is -0.873. The zero-order chi connectivity index (χ0) is 19.1. The van der Waals surface area contributed by atoms with E-state index in [-0.39, 0.29) is 18.9 Å². The number of ether oxygens (including phenoxy) is 1. The fourth-order valence-corrected chi connectivity index (χ4v) is 3.09.